The minimum atomic E-state index is -4.57. The van der Waals surface area contributed by atoms with E-state index in [4.69, 9.17) is 54.3 Å². The number of phosphoric ester groups is 4. The molecule has 5 atom stereocenters. The Hall–Kier alpha value is 0.400. The second-order valence-electron chi connectivity index (χ2n) is 14.4. The van der Waals surface area contributed by atoms with E-state index in [2.05, 4.69) is 0 Å². The molecule has 0 saturated heterocycles. The van der Waals surface area contributed by atoms with Gasteiger partial charge in [-0.25, -0.2) is 18.3 Å². The van der Waals surface area contributed by atoms with E-state index in [0.29, 0.717) is 89.9 Å². The zero-order chi connectivity index (χ0) is 44.0. The van der Waals surface area contributed by atoms with Crippen molar-refractivity contribution in [3.8, 4) is 0 Å². The molecule has 0 radical (unpaired) electrons. The van der Waals surface area contributed by atoms with Crippen LogP contribution in [0.3, 0.4) is 0 Å². The highest BCUT2D eigenvalue weighted by Crippen LogP contribution is 2.61. The van der Waals surface area contributed by atoms with E-state index < -0.39 is 68.2 Å². The van der Waals surface area contributed by atoms with E-state index in [1.54, 1.807) is 0 Å². The van der Waals surface area contributed by atoms with E-state index in [1.807, 2.05) is 55.4 Å². The summed E-state index contributed by atoms with van der Waals surface area (Å²) in [5.41, 5.74) is 0. The SMILES string of the molecule is CCCCOP(=O)(OCCCC)O[C@@H]1[C@@H](OP(=O)(OCCCC)OCCCC)[C@@H](O)[C@@H](OP(=O)(OCCCC)OCCCC)C[C@H]1OP(=O)(OCCCC)OCCCC. The third-order valence-electron chi connectivity index (χ3n) is 8.88. The second-order valence-corrected chi connectivity index (χ2v) is 20.9. The number of aliphatic hydroxyl groups excluding tert-OH is 1. The van der Waals surface area contributed by atoms with Gasteiger partial charge in [-0.3, -0.25) is 54.3 Å². The zero-order valence-electron chi connectivity index (χ0n) is 37.3. The minimum absolute atomic E-state index is 0.0108. The minimum Gasteiger partial charge on any atom is -0.388 e. The van der Waals surface area contributed by atoms with Gasteiger partial charge in [0.1, 0.15) is 30.5 Å². The highest BCUT2D eigenvalue weighted by atomic mass is 31.2. The first kappa shape index (κ1) is 57.4. The van der Waals surface area contributed by atoms with Gasteiger partial charge in [0.25, 0.3) is 0 Å². The van der Waals surface area contributed by atoms with Crippen LogP contribution in [0.25, 0.3) is 0 Å². The molecule has 0 bridgehead atoms. The van der Waals surface area contributed by atoms with E-state index in [-0.39, 0.29) is 52.9 Å². The zero-order valence-corrected chi connectivity index (χ0v) is 40.9. The molecule has 1 aliphatic rings. The fourth-order valence-electron chi connectivity index (χ4n) is 5.17. The molecule has 0 heterocycles. The Bertz CT molecular complexity index is 1190. The van der Waals surface area contributed by atoms with Crippen molar-refractivity contribution < 1.29 is 77.7 Å². The van der Waals surface area contributed by atoms with Crippen molar-refractivity contribution in [1.29, 1.82) is 0 Å². The summed E-state index contributed by atoms with van der Waals surface area (Å²) in [7, 11) is -18.0. The molecule has 59 heavy (non-hydrogen) atoms. The molecule has 0 aromatic heterocycles. The Morgan fingerprint density at radius 1 is 0.356 bits per heavy atom. The summed E-state index contributed by atoms with van der Waals surface area (Å²) in [6.45, 7) is 15.5. The van der Waals surface area contributed by atoms with Crippen molar-refractivity contribution in [3.63, 3.8) is 0 Å². The molecule has 0 aromatic carbocycles. The number of hydrogen-bond acceptors (Lipinski definition) is 17. The van der Waals surface area contributed by atoms with Gasteiger partial charge in [0.05, 0.1) is 52.9 Å². The maximum atomic E-state index is 14.6. The number of phosphoric acid groups is 4. The Balaban J connectivity index is 4.07. The summed E-state index contributed by atoms with van der Waals surface area (Å²) >= 11 is 0. The third kappa shape index (κ3) is 23.8. The summed E-state index contributed by atoms with van der Waals surface area (Å²) in [6.07, 6.45) is 0.905. The average Bonchev–Trinajstić information content (AvgIpc) is 3.19. The molecule has 1 aliphatic carbocycles. The fourth-order valence-corrected chi connectivity index (χ4v) is 10.9. The Morgan fingerprint density at radius 3 is 0.831 bits per heavy atom. The average molecular weight is 933 g/mol. The summed E-state index contributed by atoms with van der Waals surface area (Å²) in [4.78, 5) is 0. The third-order valence-corrected chi connectivity index (χ3v) is 14.9. The van der Waals surface area contributed by atoms with Crippen LogP contribution in [0, 0.1) is 0 Å². The van der Waals surface area contributed by atoms with Gasteiger partial charge < -0.3 is 5.11 Å². The maximum Gasteiger partial charge on any atom is 0.475 e. The van der Waals surface area contributed by atoms with Crippen LogP contribution in [-0.4, -0.2) is 88.5 Å². The monoisotopic (exact) mass is 932 g/mol. The van der Waals surface area contributed by atoms with Crippen molar-refractivity contribution in [2.45, 2.75) is 195 Å². The van der Waals surface area contributed by atoms with Gasteiger partial charge in [-0.2, -0.15) is 0 Å². The van der Waals surface area contributed by atoms with Crippen molar-refractivity contribution in [2.24, 2.45) is 0 Å². The smallest absolute Gasteiger partial charge is 0.388 e. The van der Waals surface area contributed by atoms with Crippen LogP contribution in [0.1, 0.15) is 165 Å². The molecule has 21 heteroatoms. The quantitative estimate of drug-likeness (QED) is 0.0449. The predicted octanol–water partition coefficient (Wildman–Crippen LogP) is 12.3. The summed E-state index contributed by atoms with van der Waals surface area (Å²) in [5, 5.41) is 12.2. The normalized spacial score (nSPS) is 20.7. The lowest BCUT2D eigenvalue weighted by Gasteiger charge is -2.45. The number of unbranched alkanes of at least 4 members (excludes halogenated alkanes) is 8. The largest absolute Gasteiger partial charge is 0.475 e. The molecule has 0 spiro atoms. The molecule has 1 fully saturated rings. The van der Waals surface area contributed by atoms with E-state index >= 15 is 0 Å². The molecule has 1 saturated carbocycles. The Morgan fingerprint density at radius 2 is 0.576 bits per heavy atom. The topological polar surface area (TPSA) is 199 Å². The lowest BCUT2D eigenvalue weighted by Crippen LogP contribution is -2.58. The van der Waals surface area contributed by atoms with Gasteiger partial charge in [-0.1, -0.05) is 107 Å². The number of hydrogen-bond donors (Lipinski definition) is 1. The first-order chi connectivity index (χ1) is 28.3. The molecule has 0 aliphatic heterocycles. The van der Waals surface area contributed by atoms with Crippen LogP contribution in [0.4, 0.5) is 0 Å². The molecule has 0 aromatic rings. The fraction of sp³-hybridized carbons (Fsp3) is 1.00. The van der Waals surface area contributed by atoms with Crippen LogP contribution >= 0.6 is 31.3 Å². The van der Waals surface area contributed by atoms with E-state index in [0.717, 1.165) is 12.8 Å². The van der Waals surface area contributed by atoms with Gasteiger partial charge >= 0.3 is 31.3 Å². The Kier molecular flexibility index (Phi) is 32.1. The first-order valence-electron chi connectivity index (χ1n) is 22.2. The van der Waals surface area contributed by atoms with Crippen LogP contribution in [0.15, 0.2) is 0 Å². The van der Waals surface area contributed by atoms with Gasteiger partial charge in [-0.15, -0.1) is 0 Å². The molecule has 354 valence electrons. The molecule has 1 rings (SSSR count). The van der Waals surface area contributed by atoms with Crippen LogP contribution in [-0.2, 0) is 72.5 Å². The van der Waals surface area contributed by atoms with Gasteiger partial charge in [0, 0.05) is 6.42 Å². The second kappa shape index (κ2) is 33.0. The summed E-state index contributed by atoms with van der Waals surface area (Å²) in [6, 6.07) is 0. The molecule has 17 nitrogen and oxygen atoms in total. The predicted molar refractivity (Wildman–Crippen MR) is 227 cm³/mol. The highest BCUT2D eigenvalue weighted by Gasteiger charge is 2.56. The van der Waals surface area contributed by atoms with E-state index in [1.165, 1.54) is 0 Å². The van der Waals surface area contributed by atoms with Crippen LogP contribution in [0.5, 0.6) is 0 Å². The first-order valence-corrected chi connectivity index (χ1v) is 28.1. The van der Waals surface area contributed by atoms with Crippen molar-refractivity contribution in [2.75, 3.05) is 52.9 Å². The van der Waals surface area contributed by atoms with Gasteiger partial charge in [-0.05, 0) is 51.4 Å². The Labute approximate surface area is 356 Å². The van der Waals surface area contributed by atoms with E-state index in [9.17, 15) is 23.4 Å². The molecular weight excluding hydrogens is 852 g/mol. The standard InChI is InChI=1S/C38H80O17P4/c1-9-17-25-44-56(40,45-26-18-10-2)52-34-33-35(53-57(41,46-27-19-11-3)47-28-20-12-4)37(54-58(42,48-29-21-13-5)49-30-22-14-6)38(36(34)39)55-59(43,50-31-23-15-7)51-32-24-16-8/h34-39H,9-33H2,1-8H3/t34-,35+,36-,37-,38-/m0/s1. The number of rotatable bonds is 40. The van der Waals surface area contributed by atoms with Crippen molar-refractivity contribution in [3.05, 3.63) is 0 Å². The van der Waals surface area contributed by atoms with Crippen molar-refractivity contribution >= 4 is 31.3 Å². The van der Waals surface area contributed by atoms with Crippen LogP contribution in [0.2, 0.25) is 0 Å². The van der Waals surface area contributed by atoms with Gasteiger partial charge in [0.2, 0.25) is 0 Å². The van der Waals surface area contributed by atoms with Crippen molar-refractivity contribution in [1.82, 2.24) is 0 Å². The number of aliphatic hydroxyl groups is 1. The summed E-state index contributed by atoms with van der Waals surface area (Å²) < 4.78 is 129. The molecule has 0 unspecified atom stereocenters. The summed E-state index contributed by atoms with van der Waals surface area (Å²) in [5.74, 6) is 0. The lowest BCUT2D eigenvalue weighted by atomic mass is 9.87. The molecular formula is C38H80O17P4. The molecule has 0 amide bonds. The van der Waals surface area contributed by atoms with Crippen LogP contribution < -0.4 is 0 Å². The molecule has 1 N–H and O–H groups in total. The maximum absolute atomic E-state index is 14.6. The lowest BCUT2D eigenvalue weighted by molar-refractivity contribution is -0.168. The van der Waals surface area contributed by atoms with Gasteiger partial charge in [0.15, 0.2) is 0 Å². The highest BCUT2D eigenvalue weighted by molar-refractivity contribution is 7.49.